The number of halogens is 2. The van der Waals surface area contributed by atoms with E-state index in [0.29, 0.717) is 63.4 Å². The number of ether oxygens (including phenoxy) is 8. The van der Waals surface area contributed by atoms with Crippen LogP contribution in [0.3, 0.4) is 0 Å². The third-order valence-corrected chi connectivity index (χ3v) is 17.8. The highest BCUT2D eigenvalue weighted by molar-refractivity contribution is 14.1. The molecule has 3 fully saturated rings. The predicted octanol–water partition coefficient (Wildman–Crippen LogP) is 7.69. The van der Waals surface area contributed by atoms with Crippen molar-refractivity contribution >= 4 is 92.3 Å². The lowest BCUT2D eigenvalue weighted by molar-refractivity contribution is -0.265. The zero-order valence-corrected chi connectivity index (χ0v) is 53.5. The summed E-state index contributed by atoms with van der Waals surface area (Å²) in [6.45, 7) is 13.2. The quantitative estimate of drug-likeness (QED) is 0.0422. The maximum Gasteiger partial charge on any atom is 0.329 e. The molecule has 0 aromatic carbocycles. The van der Waals surface area contributed by atoms with Gasteiger partial charge < -0.3 is 53.0 Å². The molecule has 0 aromatic heterocycles. The van der Waals surface area contributed by atoms with E-state index in [1.165, 1.54) is 21.1 Å². The molecule has 81 heavy (non-hydrogen) atoms. The molecule has 3 heterocycles. The minimum atomic E-state index is -2.49. The van der Waals surface area contributed by atoms with Crippen molar-refractivity contribution in [3.05, 3.63) is 47.6 Å². The van der Waals surface area contributed by atoms with Gasteiger partial charge in [0.15, 0.2) is 5.78 Å². The van der Waals surface area contributed by atoms with Gasteiger partial charge in [0.05, 0.1) is 27.2 Å². The number of esters is 4. The van der Waals surface area contributed by atoms with E-state index >= 15 is 0 Å². The molecular weight excluding hydrogens is 1280 g/mol. The second-order valence-electron chi connectivity index (χ2n) is 23.1. The van der Waals surface area contributed by atoms with Gasteiger partial charge in [-0.15, -0.1) is 0 Å². The topological polar surface area (TPSA) is 254 Å². The SMILES string of the molecule is CO[C@H]1C[C@@H]2CC[C@@H](C)[C@@](O)(O2)C(=O)C(=O)N2CCCC[C@H]2C(=O)OC([C@H](C)C[C@@H]2CC[C@@H](OC(=O)C(C)(COC(=O)CI)COC(=O)CI)[C@H](OC)C2)CC(=O)[C@H](C)/C=C(\C)[C@@H](O)[C@@H](OC)C(=O)[C@H](C)C[C@@H](C)/C=C\C=CC=C1C. The summed E-state index contributed by atoms with van der Waals surface area (Å²) in [6, 6.07) is -1.23. The number of rotatable bonds is 14. The lowest BCUT2D eigenvalue weighted by atomic mass is 9.78. The molecule has 1 saturated carbocycles. The highest BCUT2D eigenvalue weighted by Gasteiger charge is 2.53. The molecule has 4 rings (SSSR count). The number of amides is 1. The molecule has 2 N–H and O–H groups in total. The van der Waals surface area contributed by atoms with E-state index < -0.39 is 119 Å². The number of hydrogen-bond donors (Lipinski definition) is 2. The number of piperidine rings is 1. The molecule has 15 atom stereocenters. The number of carbonyl (C=O) groups is 8. The zero-order chi connectivity index (χ0) is 60.4. The summed E-state index contributed by atoms with van der Waals surface area (Å²) in [7, 11) is 4.41. The van der Waals surface area contributed by atoms with Crippen molar-refractivity contribution < 1.29 is 86.5 Å². The molecule has 3 aliphatic heterocycles. The van der Waals surface area contributed by atoms with Crippen LogP contribution in [0.1, 0.15) is 132 Å². The fourth-order valence-electron chi connectivity index (χ4n) is 11.2. The molecule has 2 saturated heterocycles. The van der Waals surface area contributed by atoms with Crippen molar-refractivity contribution in [2.75, 3.05) is 49.9 Å². The Morgan fingerprint density at radius 3 is 2.11 bits per heavy atom. The summed E-state index contributed by atoms with van der Waals surface area (Å²) < 4.78 is 46.7. The van der Waals surface area contributed by atoms with E-state index in [4.69, 9.17) is 37.9 Å². The van der Waals surface area contributed by atoms with Gasteiger partial charge in [0, 0.05) is 58.5 Å². The van der Waals surface area contributed by atoms with Crippen molar-refractivity contribution in [2.45, 2.75) is 187 Å². The Hall–Kier alpha value is -3.46. The van der Waals surface area contributed by atoms with Crippen LogP contribution in [0.4, 0.5) is 0 Å². The number of fused-ring (bicyclic) bond motifs is 3. The number of carbonyl (C=O) groups excluding carboxylic acids is 8. The first-order valence-corrected chi connectivity index (χ1v) is 31.5. The second-order valence-corrected chi connectivity index (χ2v) is 24.6. The Balaban J connectivity index is 1.68. The molecule has 2 bridgehead atoms. The minimum absolute atomic E-state index is 0.0197. The van der Waals surface area contributed by atoms with Crippen molar-refractivity contribution in [3.63, 3.8) is 0 Å². The molecule has 456 valence electrons. The highest BCUT2D eigenvalue weighted by Crippen LogP contribution is 2.39. The van der Waals surface area contributed by atoms with E-state index in [1.54, 1.807) is 40.9 Å². The van der Waals surface area contributed by atoms with E-state index in [1.807, 2.05) is 96.3 Å². The Bertz CT molecular complexity index is 2280. The second kappa shape index (κ2) is 33.3. The van der Waals surface area contributed by atoms with Crippen molar-refractivity contribution in [3.8, 4) is 0 Å². The van der Waals surface area contributed by atoms with Crippen LogP contribution in [0.15, 0.2) is 47.6 Å². The number of nitrogens with zero attached hydrogens (tertiary/aromatic N) is 1. The average molecular weight is 1370 g/mol. The number of ketones is 3. The fourth-order valence-corrected chi connectivity index (χ4v) is 11.7. The first-order valence-electron chi connectivity index (χ1n) is 28.4. The Morgan fingerprint density at radius 2 is 1.49 bits per heavy atom. The maximum absolute atomic E-state index is 14.7. The molecule has 1 aliphatic carbocycles. The van der Waals surface area contributed by atoms with Crippen molar-refractivity contribution in [2.24, 2.45) is 40.9 Å². The molecular formula is C60H89I2NO18. The van der Waals surface area contributed by atoms with E-state index in [2.05, 4.69) is 0 Å². The fraction of sp³-hybridized carbons (Fsp3) is 0.733. The predicted molar refractivity (Wildman–Crippen MR) is 317 cm³/mol. The van der Waals surface area contributed by atoms with Crippen LogP contribution in [0.5, 0.6) is 0 Å². The van der Waals surface area contributed by atoms with Gasteiger partial charge in [0.2, 0.25) is 5.79 Å². The summed E-state index contributed by atoms with van der Waals surface area (Å²) >= 11 is 3.69. The van der Waals surface area contributed by atoms with E-state index in [9.17, 15) is 48.6 Å². The monoisotopic (exact) mass is 1370 g/mol. The van der Waals surface area contributed by atoms with Gasteiger partial charge in [-0.1, -0.05) is 116 Å². The first kappa shape index (κ1) is 70.0. The molecule has 0 radical (unpaired) electrons. The Kier molecular flexibility index (Phi) is 28.8. The normalized spacial score (nSPS) is 33.7. The van der Waals surface area contributed by atoms with Gasteiger partial charge in [-0.2, -0.15) is 0 Å². The summed E-state index contributed by atoms with van der Waals surface area (Å²) in [5.74, 6) is -10.7. The first-order chi connectivity index (χ1) is 38.3. The van der Waals surface area contributed by atoms with Gasteiger partial charge in [-0.25, -0.2) is 4.79 Å². The van der Waals surface area contributed by atoms with Crippen LogP contribution < -0.4 is 0 Å². The number of aliphatic hydroxyl groups excluding tert-OH is 1. The average Bonchev–Trinajstić information content (AvgIpc) is 3.46. The number of Topliss-reactive ketones (excluding diaryl/α,β-unsaturated/α-hetero) is 3. The molecule has 1 amide bonds. The molecule has 21 heteroatoms. The van der Waals surface area contributed by atoms with Gasteiger partial charge in [0.1, 0.15) is 54.9 Å². The number of aliphatic hydroxyl groups is 2. The number of methoxy groups -OCH3 is 3. The lowest BCUT2D eigenvalue weighted by Crippen LogP contribution is -2.61. The van der Waals surface area contributed by atoms with E-state index in [0.717, 1.165) is 10.5 Å². The number of hydrogen-bond acceptors (Lipinski definition) is 18. The summed E-state index contributed by atoms with van der Waals surface area (Å²) in [5.41, 5.74) is -0.324. The Morgan fingerprint density at radius 1 is 0.827 bits per heavy atom. The molecule has 0 spiro atoms. The van der Waals surface area contributed by atoms with Gasteiger partial charge in [-0.05, 0) is 114 Å². The molecule has 1 unspecified atom stereocenters. The van der Waals surface area contributed by atoms with Gasteiger partial charge in [-0.3, -0.25) is 33.6 Å². The summed E-state index contributed by atoms with van der Waals surface area (Å²) in [6.07, 6.45) is 9.19. The highest BCUT2D eigenvalue weighted by atomic mass is 127. The van der Waals surface area contributed by atoms with Gasteiger partial charge >= 0.3 is 23.9 Å². The van der Waals surface area contributed by atoms with Crippen LogP contribution >= 0.6 is 45.2 Å². The van der Waals surface area contributed by atoms with Crippen LogP contribution in [0.2, 0.25) is 0 Å². The third-order valence-electron chi connectivity index (χ3n) is 16.5. The van der Waals surface area contributed by atoms with Crippen molar-refractivity contribution in [1.82, 2.24) is 4.90 Å². The largest absolute Gasteiger partial charge is 0.464 e. The maximum atomic E-state index is 14.7. The smallest absolute Gasteiger partial charge is 0.329 e. The number of alkyl halides is 2. The van der Waals surface area contributed by atoms with Crippen molar-refractivity contribution in [1.29, 1.82) is 0 Å². The van der Waals surface area contributed by atoms with E-state index in [-0.39, 0.29) is 71.3 Å². The van der Waals surface area contributed by atoms with Crippen LogP contribution in [-0.2, 0) is 76.3 Å². The standard InChI is InChI=1S/C60H89I2NO18/c1-35-17-13-12-14-18-36(2)47(74-9)29-43-22-20-41(7)60(73,81-43)55(69)56(70)63-24-16-15-19-44(63)57(71)79-48(30-45(64)37(3)26-40(6)53(68)54(76-11)52(67)39(5)25-35)38(4)27-42-21-23-46(49(28-42)75-10)80-58(72)59(8,33-77-50(65)31-61)34-78-51(66)32-62/h12-14,17-18,26,35,37-39,41-44,46-49,53-54,68,73H,15-16,19-25,27-34H2,1-11H3/b14-12?,17-13-,36-18?,40-26+/t35-,37+,38+,39+,41+,42-,43-,44-,46+,47-,48?,49+,53+,54-,60+/m0/s1. The van der Waals surface area contributed by atoms with Crippen LogP contribution in [-0.4, -0.2) is 167 Å². The summed E-state index contributed by atoms with van der Waals surface area (Å²) in [5, 5.41) is 23.6. The zero-order valence-electron chi connectivity index (χ0n) is 49.2. The number of cyclic esters (lactones) is 1. The summed E-state index contributed by atoms with van der Waals surface area (Å²) in [4.78, 5) is 111. The minimum Gasteiger partial charge on any atom is -0.464 e. The molecule has 19 nitrogen and oxygen atoms in total. The molecule has 4 aliphatic rings. The van der Waals surface area contributed by atoms with Crippen LogP contribution in [0, 0.1) is 40.9 Å². The lowest BCUT2D eigenvalue weighted by Gasteiger charge is -2.42. The molecule has 0 aromatic rings. The number of allylic oxidation sites excluding steroid dienone is 6. The third kappa shape index (κ3) is 19.8. The Labute approximate surface area is 506 Å². The van der Waals surface area contributed by atoms with Gasteiger partial charge in [0.25, 0.3) is 11.7 Å². The van der Waals surface area contributed by atoms with Crippen LogP contribution in [0.25, 0.3) is 0 Å².